The average Bonchev–Trinajstić information content (AvgIpc) is 2.79. The quantitative estimate of drug-likeness (QED) is 0.283. The molecule has 0 fully saturated rings. The van der Waals surface area contributed by atoms with Crippen LogP contribution in [0.5, 0.6) is 11.5 Å². The Kier molecular flexibility index (Phi) is 6.56. The van der Waals surface area contributed by atoms with Gasteiger partial charge in [0, 0.05) is 30.3 Å². The summed E-state index contributed by atoms with van der Waals surface area (Å²) in [6.45, 7) is -0.538. The fourth-order valence-corrected chi connectivity index (χ4v) is 4.44. The first kappa shape index (κ1) is 23.7. The Labute approximate surface area is 197 Å². The highest BCUT2D eigenvalue weighted by molar-refractivity contribution is 7.89. The van der Waals surface area contributed by atoms with E-state index in [0.717, 1.165) is 0 Å². The molecule has 0 saturated carbocycles. The third-order valence-electron chi connectivity index (χ3n) is 4.77. The Morgan fingerprint density at radius 1 is 1.03 bits per heavy atom. The first-order chi connectivity index (χ1) is 16.2. The number of ether oxygens (including phenoxy) is 1. The van der Waals surface area contributed by atoms with E-state index >= 15 is 0 Å². The maximum atomic E-state index is 13.9. The maximum absolute atomic E-state index is 13.9. The summed E-state index contributed by atoms with van der Waals surface area (Å²) < 4.78 is 65.3. The molecule has 0 radical (unpaired) electrons. The Balaban J connectivity index is 1.50. The lowest BCUT2D eigenvalue weighted by molar-refractivity contribution is 0.321. The zero-order valence-electron chi connectivity index (χ0n) is 17.2. The third kappa shape index (κ3) is 4.89. The van der Waals surface area contributed by atoms with Crippen LogP contribution in [0.15, 0.2) is 74.8 Å². The van der Waals surface area contributed by atoms with Gasteiger partial charge in [0.05, 0.1) is 5.02 Å². The van der Waals surface area contributed by atoms with Crippen LogP contribution in [0.3, 0.4) is 0 Å². The fraction of sp³-hybridized carbons (Fsp3) is 0.0870. The molecule has 176 valence electrons. The summed E-state index contributed by atoms with van der Waals surface area (Å²) >= 11 is 5.44. The number of fused-ring (bicyclic) bond motifs is 1. The van der Waals surface area contributed by atoms with E-state index in [9.17, 15) is 27.1 Å². The second-order valence-electron chi connectivity index (χ2n) is 7.10. The Bertz CT molecular complexity index is 1540. The fourth-order valence-electron chi connectivity index (χ4n) is 3.20. The zero-order valence-corrected chi connectivity index (χ0v) is 18.8. The summed E-state index contributed by atoms with van der Waals surface area (Å²) in [6, 6.07) is 13.8. The highest BCUT2D eigenvalue weighted by Crippen LogP contribution is 2.31. The molecule has 0 bridgehead atoms. The lowest BCUT2D eigenvalue weighted by Crippen LogP contribution is -2.29. The molecule has 3 aromatic carbocycles. The normalized spacial score (nSPS) is 11.6. The molecule has 0 aliphatic carbocycles. The van der Waals surface area contributed by atoms with Gasteiger partial charge in [-0.1, -0.05) is 41.9 Å². The van der Waals surface area contributed by atoms with Crippen molar-refractivity contribution in [2.24, 2.45) is 0 Å². The van der Waals surface area contributed by atoms with Gasteiger partial charge in [0.2, 0.25) is 10.0 Å². The largest absolute Gasteiger partial charge is 0.507 e. The van der Waals surface area contributed by atoms with Crippen molar-refractivity contribution in [3.63, 3.8) is 0 Å². The van der Waals surface area contributed by atoms with Gasteiger partial charge in [0.25, 0.3) is 0 Å². The molecule has 0 unspecified atom stereocenters. The van der Waals surface area contributed by atoms with Gasteiger partial charge >= 0.3 is 0 Å². The van der Waals surface area contributed by atoms with E-state index < -0.39 is 37.0 Å². The molecule has 0 amide bonds. The van der Waals surface area contributed by atoms with Crippen LogP contribution in [0.4, 0.5) is 8.78 Å². The van der Waals surface area contributed by atoms with Crippen molar-refractivity contribution in [2.75, 3.05) is 13.2 Å². The molecule has 34 heavy (non-hydrogen) atoms. The van der Waals surface area contributed by atoms with Crippen LogP contribution in [-0.2, 0) is 10.0 Å². The molecule has 11 heteroatoms. The number of aromatic hydroxyl groups is 1. The van der Waals surface area contributed by atoms with Crippen molar-refractivity contribution in [1.82, 2.24) is 4.72 Å². The van der Waals surface area contributed by atoms with Crippen molar-refractivity contribution >= 4 is 32.6 Å². The molecule has 4 aromatic rings. The number of nitrogens with one attached hydrogen (secondary N) is 1. The van der Waals surface area contributed by atoms with E-state index in [4.69, 9.17) is 20.8 Å². The molecule has 2 N–H and O–H groups in total. The summed E-state index contributed by atoms with van der Waals surface area (Å²) in [7, 11) is -4.38. The molecule has 1 heterocycles. The minimum atomic E-state index is -4.38. The number of halogens is 3. The number of hydrogen-bond donors (Lipinski definition) is 2. The maximum Gasteiger partial charge on any atom is 0.243 e. The van der Waals surface area contributed by atoms with Gasteiger partial charge < -0.3 is 14.3 Å². The molecular weight excluding hydrogens is 492 g/mol. The van der Waals surface area contributed by atoms with Gasteiger partial charge in [0.1, 0.15) is 51.4 Å². The second kappa shape index (κ2) is 9.41. The Morgan fingerprint density at radius 2 is 1.76 bits per heavy atom. The third-order valence-corrected chi connectivity index (χ3v) is 6.53. The SMILES string of the molecule is O=c1cc(-c2ccccc2)oc2cc(OCCNS(=O)(=O)c3cc(F)c(Cl)cc3F)cc(O)c12. The van der Waals surface area contributed by atoms with Crippen LogP contribution in [-0.4, -0.2) is 26.7 Å². The van der Waals surface area contributed by atoms with Gasteiger partial charge in [-0.2, -0.15) is 0 Å². The molecule has 0 aliphatic rings. The molecule has 7 nitrogen and oxygen atoms in total. The summed E-state index contributed by atoms with van der Waals surface area (Å²) in [5.41, 5.74) is 0.280. The molecular formula is C23H16ClF2NO6S. The van der Waals surface area contributed by atoms with Gasteiger partial charge in [-0.25, -0.2) is 21.9 Å². The molecule has 1 aromatic heterocycles. The van der Waals surface area contributed by atoms with Crippen LogP contribution in [0, 0.1) is 11.6 Å². The minimum Gasteiger partial charge on any atom is -0.507 e. The van der Waals surface area contributed by atoms with Crippen molar-refractivity contribution in [1.29, 1.82) is 0 Å². The van der Waals surface area contributed by atoms with Gasteiger partial charge in [-0.3, -0.25) is 4.79 Å². The zero-order chi connectivity index (χ0) is 24.5. The number of benzene rings is 3. The molecule has 4 rings (SSSR count). The minimum absolute atomic E-state index is 0.0343. The van der Waals surface area contributed by atoms with Crippen LogP contribution in [0.2, 0.25) is 5.02 Å². The number of hydrogen-bond acceptors (Lipinski definition) is 6. The Hall–Kier alpha value is -3.47. The van der Waals surface area contributed by atoms with E-state index in [1.165, 1.54) is 18.2 Å². The lowest BCUT2D eigenvalue weighted by atomic mass is 10.1. The van der Waals surface area contributed by atoms with E-state index in [1.807, 2.05) is 6.07 Å². The summed E-state index contributed by atoms with van der Waals surface area (Å²) in [6.07, 6.45) is 0. The highest BCUT2D eigenvalue weighted by atomic mass is 35.5. The van der Waals surface area contributed by atoms with Crippen LogP contribution in [0.25, 0.3) is 22.3 Å². The summed E-state index contributed by atoms with van der Waals surface area (Å²) in [4.78, 5) is 11.6. The topological polar surface area (TPSA) is 106 Å². The first-order valence-electron chi connectivity index (χ1n) is 9.79. The van der Waals surface area contributed by atoms with E-state index in [0.29, 0.717) is 23.5 Å². The van der Waals surface area contributed by atoms with E-state index in [2.05, 4.69) is 4.72 Å². The smallest absolute Gasteiger partial charge is 0.243 e. The number of sulfonamides is 1. The van der Waals surface area contributed by atoms with E-state index in [-0.39, 0.29) is 35.6 Å². The first-order valence-corrected chi connectivity index (χ1v) is 11.6. The van der Waals surface area contributed by atoms with E-state index in [1.54, 1.807) is 24.3 Å². The number of phenolic OH excluding ortho intramolecular Hbond substituents is 1. The monoisotopic (exact) mass is 507 g/mol. The second-order valence-corrected chi connectivity index (χ2v) is 9.24. The average molecular weight is 508 g/mol. The molecule has 0 spiro atoms. The summed E-state index contributed by atoms with van der Waals surface area (Å²) in [5.74, 6) is -2.27. The highest BCUT2D eigenvalue weighted by Gasteiger charge is 2.21. The standard InChI is InChI=1S/C23H16ClF2NO6S/c24-15-10-17(26)22(11-16(15)25)34(30,31)27-6-7-32-14-8-18(28)23-19(29)12-20(33-21(23)9-14)13-4-2-1-3-5-13/h1-5,8-12,27-28H,6-7H2. The molecule has 0 saturated heterocycles. The van der Waals surface area contributed by atoms with Crippen LogP contribution < -0.4 is 14.9 Å². The van der Waals surface area contributed by atoms with Gasteiger partial charge in [0.15, 0.2) is 5.43 Å². The predicted molar refractivity (Wildman–Crippen MR) is 122 cm³/mol. The lowest BCUT2D eigenvalue weighted by Gasteiger charge is -2.11. The van der Waals surface area contributed by atoms with Gasteiger partial charge in [-0.05, 0) is 12.1 Å². The van der Waals surface area contributed by atoms with Crippen molar-refractivity contribution < 1.29 is 31.5 Å². The van der Waals surface area contributed by atoms with Gasteiger partial charge in [-0.15, -0.1) is 0 Å². The number of rotatable bonds is 7. The van der Waals surface area contributed by atoms with Crippen LogP contribution >= 0.6 is 11.6 Å². The van der Waals surface area contributed by atoms with Crippen molar-refractivity contribution in [3.8, 4) is 22.8 Å². The molecule has 0 aliphatic heterocycles. The predicted octanol–water partition coefficient (Wildman–Crippen LogP) is 4.45. The summed E-state index contributed by atoms with van der Waals surface area (Å²) in [5, 5.41) is 9.69. The Morgan fingerprint density at radius 3 is 2.50 bits per heavy atom. The van der Waals surface area contributed by atoms with Crippen LogP contribution in [0.1, 0.15) is 0 Å². The molecule has 0 atom stereocenters. The number of phenols is 1. The van der Waals surface area contributed by atoms with Crippen molar-refractivity contribution in [2.45, 2.75) is 4.90 Å². The van der Waals surface area contributed by atoms with Crippen molar-refractivity contribution in [3.05, 3.63) is 87.5 Å².